The number of aryl methyl sites for hydroxylation is 1. The maximum atomic E-state index is 13.4. The van der Waals surface area contributed by atoms with E-state index >= 15 is 0 Å². The number of nitrogens with zero attached hydrogens (tertiary/aromatic N) is 1. The van der Waals surface area contributed by atoms with Gasteiger partial charge in [0.2, 0.25) is 5.91 Å². The van der Waals surface area contributed by atoms with Gasteiger partial charge in [-0.05, 0) is 60.5 Å². The Morgan fingerprint density at radius 1 is 0.970 bits per heavy atom. The number of nitrogens with one attached hydrogen (secondary N) is 1. The number of hydrogen-bond donors (Lipinski definition) is 1. The van der Waals surface area contributed by atoms with Crippen molar-refractivity contribution in [2.24, 2.45) is 0 Å². The predicted molar refractivity (Wildman–Crippen MR) is 138 cm³/mol. The van der Waals surface area contributed by atoms with Gasteiger partial charge >= 0.3 is 0 Å². The zero-order valence-corrected chi connectivity index (χ0v) is 21.1. The van der Waals surface area contributed by atoms with E-state index in [-0.39, 0.29) is 17.3 Å². The van der Waals surface area contributed by atoms with Gasteiger partial charge in [-0.1, -0.05) is 53.5 Å². The highest BCUT2D eigenvalue weighted by Gasteiger charge is 2.28. The fraction of sp³-hybridized carbons (Fsp3) is 0.208. The van der Waals surface area contributed by atoms with E-state index in [1.165, 1.54) is 12.1 Å². The van der Waals surface area contributed by atoms with Gasteiger partial charge in [-0.25, -0.2) is 8.42 Å². The zero-order valence-electron chi connectivity index (χ0n) is 18.0. The van der Waals surface area contributed by atoms with Gasteiger partial charge in [-0.2, -0.15) is 11.8 Å². The van der Waals surface area contributed by atoms with Gasteiger partial charge < -0.3 is 5.32 Å². The van der Waals surface area contributed by atoms with Gasteiger partial charge in [0, 0.05) is 28.1 Å². The van der Waals surface area contributed by atoms with Crippen molar-refractivity contribution in [3.8, 4) is 0 Å². The summed E-state index contributed by atoms with van der Waals surface area (Å²) in [4.78, 5) is 12.8. The van der Waals surface area contributed by atoms with Crippen LogP contribution in [0.3, 0.4) is 0 Å². The molecule has 0 fully saturated rings. The molecule has 0 radical (unpaired) electrons. The quantitative estimate of drug-likeness (QED) is 0.354. The van der Waals surface area contributed by atoms with E-state index in [1.54, 1.807) is 55.1 Å². The van der Waals surface area contributed by atoms with E-state index in [0.29, 0.717) is 33.6 Å². The monoisotopic (exact) mass is 522 g/mol. The molecule has 0 heterocycles. The van der Waals surface area contributed by atoms with Crippen molar-refractivity contribution >= 4 is 56.6 Å². The first kappa shape index (κ1) is 25.4. The normalized spacial score (nSPS) is 11.2. The summed E-state index contributed by atoms with van der Waals surface area (Å²) in [5.41, 5.74) is 2.22. The molecule has 3 aromatic carbocycles. The second-order valence-electron chi connectivity index (χ2n) is 7.28. The molecule has 5 nitrogen and oxygen atoms in total. The molecule has 0 spiro atoms. The first-order valence-corrected chi connectivity index (χ1v) is 13.6. The number of amides is 1. The minimum atomic E-state index is -3.95. The molecule has 1 amide bonds. The summed E-state index contributed by atoms with van der Waals surface area (Å²) >= 11 is 13.6. The Labute approximate surface area is 209 Å². The van der Waals surface area contributed by atoms with Crippen molar-refractivity contribution in [2.75, 3.05) is 23.1 Å². The lowest BCUT2D eigenvalue weighted by Crippen LogP contribution is -2.41. The number of hydrogen-bond acceptors (Lipinski definition) is 4. The molecule has 1 N–H and O–H groups in total. The topological polar surface area (TPSA) is 66.5 Å². The molecule has 0 saturated heterocycles. The van der Waals surface area contributed by atoms with E-state index in [0.717, 1.165) is 15.6 Å². The Morgan fingerprint density at radius 2 is 1.64 bits per heavy atom. The number of thioether (sulfide) groups is 1. The fourth-order valence-electron chi connectivity index (χ4n) is 3.14. The van der Waals surface area contributed by atoms with Crippen LogP contribution in [0.1, 0.15) is 11.1 Å². The summed E-state index contributed by atoms with van der Waals surface area (Å²) in [6.07, 6.45) is 0. The highest BCUT2D eigenvalue weighted by Crippen LogP contribution is 2.28. The molecule has 0 atom stereocenters. The van der Waals surface area contributed by atoms with Crippen molar-refractivity contribution in [1.29, 1.82) is 0 Å². The third kappa shape index (κ3) is 7.14. The Hall–Kier alpha value is -2.19. The number of carbonyl (C=O) groups is 1. The van der Waals surface area contributed by atoms with Crippen molar-refractivity contribution in [1.82, 2.24) is 5.32 Å². The fourth-order valence-corrected chi connectivity index (χ4v) is 5.82. The van der Waals surface area contributed by atoms with Crippen molar-refractivity contribution in [3.05, 3.63) is 94.0 Å². The maximum absolute atomic E-state index is 13.4. The molecule has 0 saturated carbocycles. The summed E-state index contributed by atoms with van der Waals surface area (Å²) < 4.78 is 27.9. The molecule has 0 aliphatic rings. The average molecular weight is 524 g/mol. The Bertz CT molecular complexity index is 1190. The molecule has 33 heavy (non-hydrogen) atoms. The van der Waals surface area contributed by atoms with E-state index in [2.05, 4.69) is 5.32 Å². The number of rotatable bonds is 10. The molecule has 0 aliphatic carbocycles. The number of sulfonamides is 1. The molecular formula is C24H24Cl2N2O3S2. The van der Waals surface area contributed by atoms with Gasteiger partial charge in [0.15, 0.2) is 0 Å². The molecule has 3 rings (SSSR count). The van der Waals surface area contributed by atoms with Gasteiger partial charge in [-0.15, -0.1) is 0 Å². The summed E-state index contributed by atoms with van der Waals surface area (Å²) in [5.74, 6) is 1.11. The van der Waals surface area contributed by atoms with Crippen molar-refractivity contribution < 1.29 is 13.2 Å². The largest absolute Gasteiger partial charge is 0.354 e. The summed E-state index contributed by atoms with van der Waals surface area (Å²) in [6.45, 7) is 1.86. The number of carbonyl (C=O) groups excluding carboxylic acids is 1. The van der Waals surface area contributed by atoms with Crippen LogP contribution in [0.25, 0.3) is 0 Å². The molecule has 0 bridgehead atoms. The van der Waals surface area contributed by atoms with Crippen LogP contribution >= 0.6 is 35.0 Å². The molecule has 174 valence electrons. The smallest absolute Gasteiger partial charge is 0.264 e. The highest BCUT2D eigenvalue weighted by atomic mass is 35.5. The van der Waals surface area contributed by atoms with E-state index in [4.69, 9.17) is 23.2 Å². The Morgan fingerprint density at radius 3 is 2.30 bits per heavy atom. The van der Waals surface area contributed by atoms with Crippen molar-refractivity contribution in [2.45, 2.75) is 17.6 Å². The van der Waals surface area contributed by atoms with Gasteiger partial charge in [0.05, 0.1) is 10.6 Å². The van der Waals surface area contributed by atoms with Crippen LogP contribution in [0.2, 0.25) is 10.0 Å². The molecule has 0 aliphatic heterocycles. The van der Waals surface area contributed by atoms with Crippen LogP contribution in [0.5, 0.6) is 0 Å². The molecule has 9 heteroatoms. The molecular weight excluding hydrogens is 499 g/mol. The molecule has 0 aromatic heterocycles. The first-order valence-electron chi connectivity index (χ1n) is 10.2. The van der Waals surface area contributed by atoms with E-state index in [9.17, 15) is 13.2 Å². The minimum Gasteiger partial charge on any atom is -0.354 e. The summed E-state index contributed by atoms with van der Waals surface area (Å²) in [6, 6.07) is 20.6. The summed E-state index contributed by atoms with van der Waals surface area (Å²) in [7, 11) is -3.95. The SMILES string of the molecule is Cc1cc(Cl)ccc1N(CC(=O)NCCSCc1ccc(Cl)cc1)S(=O)(=O)c1ccccc1. The lowest BCUT2D eigenvalue weighted by atomic mass is 10.2. The molecule has 0 unspecified atom stereocenters. The van der Waals surface area contributed by atoms with E-state index < -0.39 is 10.0 Å². The lowest BCUT2D eigenvalue weighted by molar-refractivity contribution is -0.119. The second-order valence-corrected chi connectivity index (χ2v) is 11.1. The van der Waals surface area contributed by atoms with Gasteiger partial charge in [0.1, 0.15) is 6.54 Å². The maximum Gasteiger partial charge on any atom is 0.264 e. The first-order chi connectivity index (χ1) is 15.8. The van der Waals surface area contributed by atoms with Gasteiger partial charge in [-0.3, -0.25) is 9.10 Å². The third-order valence-electron chi connectivity index (χ3n) is 4.80. The average Bonchev–Trinajstić information content (AvgIpc) is 2.79. The van der Waals surface area contributed by atoms with Crippen LogP contribution in [0, 0.1) is 6.92 Å². The highest BCUT2D eigenvalue weighted by molar-refractivity contribution is 7.98. The Balaban J connectivity index is 1.65. The standard InChI is InChI=1S/C24H24Cl2N2O3S2/c1-18-15-21(26)11-12-23(18)28(33(30,31)22-5-3-2-4-6-22)16-24(29)27-13-14-32-17-19-7-9-20(25)10-8-19/h2-12,15H,13-14,16-17H2,1H3,(H,27,29). The third-order valence-corrected chi connectivity index (χ3v) is 8.09. The Kier molecular flexibility index (Phi) is 9.09. The summed E-state index contributed by atoms with van der Waals surface area (Å²) in [5, 5.41) is 4.01. The van der Waals surface area contributed by atoms with Crippen LogP contribution in [0.15, 0.2) is 77.7 Å². The van der Waals surface area contributed by atoms with Crippen LogP contribution in [0.4, 0.5) is 5.69 Å². The zero-order chi connectivity index (χ0) is 23.8. The lowest BCUT2D eigenvalue weighted by Gasteiger charge is -2.25. The van der Waals surface area contributed by atoms with Crippen LogP contribution < -0.4 is 9.62 Å². The van der Waals surface area contributed by atoms with Gasteiger partial charge in [0.25, 0.3) is 10.0 Å². The number of benzene rings is 3. The van der Waals surface area contributed by atoms with E-state index in [1.807, 2.05) is 24.3 Å². The van der Waals surface area contributed by atoms with Crippen molar-refractivity contribution in [3.63, 3.8) is 0 Å². The van der Waals surface area contributed by atoms with Crippen LogP contribution in [-0.4, -0.2) is 33.2 Å². The predicted octanol–water partition coefficient (Wildman–Crippen LogP) is 5.55. The second kappa shape index (κ2) is 11.8. The molecule has 3 aromatic rings. The van der Waals surface area contributed by atoms with Crippen LogP contribution in [-0.2, 0) is 20.6 Å². The number of anilines is 1. The minimum absolute atomic E-state index is 0.116. The number of halogens is 2.